The highest BCUT2D eigenvalue weighted by atomic mass is 16.4. The monoisotopic (exact) mass is 297 g/mol. The van der Waals surface area contributed by atoms with Crippen molar-refractivity contribution in [2.45, 2.75) is 56.8 Å². The lowest BCUT2D eigenvalue weighted by atomic mass is 9.90. The highest BCUT2D eigenvalue weighted by Crippen LogP contribution is 2.36. The normalized spacial score (nSPS) is 30.4. The van der Waals surface area contributed by atoms with E-state index in [1.165, 1.54) is 0 Å². The summed E-state index contributed by atoms with van der Waals surface area (Å²) in [5, 5.41) is 46.7. The van der Waals surface area contributed by atoms with E-state index >= 15 is 0 Å². The van der Waals surface area contributed by atoms with Gasteiger partial charge in [-0.05, 0) is 19.3 Å². The summed E-state index contributed by atoms with van der Waals surface area (Å²) in [6, 6.07) is 2.04. The minimum Gasteiger partial charge on any atom is -0.481 e. The maximum absolute atomic E-state index is 10.8. The molecule has 1 aliphatic carbocycles. The van der Waals surface area contributed by atoms with Crippen molar-refractivity contribution >= 4 is 5.97 Å². The van der Waals surface area contributed by atoms with E-state index in [1.54, 1.807) is 12.2 Å². The number of nitrogens with zero attached hydrogens (tertiary/aromatic N) is 1. The van der Waals surface area contributed by atoms with Crippen LogP contribution in [0.5, 0.6) is 0 Å². The van der Waals surface area contributed by atoms with Gasteiger partial charge in [0.1, 0.15) is 0 Å². The van der Waals surface area contributed by atoms with Gasteiger partial charge in [0.15, 0.2) is 0 Å². The van der Waals surface area contributed by atoms with Crippen LogP contribution >= 0.6 is 0 Å². The number of hydrogen-bond acceptors (Lipinski definition) is 5. The second-order valence-electron chi connectivity index (χ2n) is 5.57. The van der Waals surface area contributed by atoms with Gasteiger partial charge >= 0.3 is 5.97 Å². The first kappa shape index (κ1) is 17.6. The second kappa shape index (κ2) is 8.78. The topological polar surface area (TPSA) is 122 Å². The van der Waals surface area contributed by atoms with Crippen LogP contribution in [0.15, 0.2) is 12.2 Å². The Morgan fingerprint density at radius 1 is 1.33 bits per heavy atom. The summed E-state index contributed by atoms with van der Waals surface area (Å²) in [5.74, 6) is -1.99. The van der Waals surface area contributed by atoms with E-state index in [4.69, 9.17) is 10.4 Å². The number of unbranched alkanes of at least 4 members (excludes halogenated alkanes) is 2. The van der Waals surface area contributed by atoms with E-state index in [-0.39, 0.29) is 12.8 Å². The van der Waals surface area contributed by atoms with Crippen molar-refractivity contribution < 1.29 is 25.2 Å². The van der Waals surface area contributed by atoms with Crippen LogP contribution in [0.3, 0.4) is 0 Å². The number of carboxylic acids is 1. The van der Waals surface area contributed by atoms with E-state index in [0.29, 0.717) is 12.8 Å². The maximum Gasteiger partial charge on any atom is 0.303 e. The molecule has 6 nitrogen and oxygen atoms in total. The van der Waals surface area contributed by atoms with E-state index in [9.17, 15) is 20.1 Å². The molecule has 0 saturated heterocycles. The number of aliphatic hydroxyl groups excluding tert-OH is 3. The van der Waals surface area contributed by atoms with Crippen LogP contribution in [0.1, 0.15) is 38.5 Å². The Balaban J connectivity index is 2.51. The molecule has 1 saturated carbocycles. The molecule has 5 atom stereocenters. The summed E-state index contributed by atoms with van der Waals surface area (Å²) < 4.78 is 0. The highest BCUT2D eigenvalue weighted by Gasteiger charge is 2.41. The Bertz CT molecular complexity index is 403. The molecule has 0 radical (unpaired) electrons. The summed E-state index contributed by atoms with van der Waals surface area (Å²) in [7, 11) is 0. The van der Waals surface area contributed by atoms with Crippen molar-refractivity contribution in [3.8, 4) is 6.07 Å². The Morgan fingerprint density at radius 3 is 2.67 bits per heavy atom. The Kier molecular flexibility index (Phi) is 7.37. The lowest BCUT2D eigenvalue weighted by Gasteiger charge is -2.19. The van der Waals surface area contributed by atoms with Gasteiger partial charge < -0.3 is 20.4 Å². The molecular weight excluding hydrogens is 274 g/mol. The summed E-state index contributed by atoms with van der Waals surface area (Å²) in [5.41, 5.74) is 0. The van der Waals surface area contributed by atoms with Crippen LogP contribution in [0, 0.1) is 23.2 Å². The van der Waals surface area contributed by atoms with Crippen molar-refractivity contribution in [1.82, 2.24) is 0 Å². The van der Waals surface area contributed by atoms with E-state index in [2.05, 4.69) is 0 Å². The molecule has 1 aliphatic rings. The van der Waals surface area contributed by atoms with Crippen molar-refractivity contribution in [3.63, 3.8) is 0 Å². The lowest BCUT2D eigenvalue weighted by Crippen LogP contribution is -2.23. The summed E-state index contributed by atoms with van der Waals surface area (Å²) in [4.78, 5) is 10.8. The zero-order valence-corrected chi connectivity index (χ0v) is 11.9. The smallest absolute Gasteiger partial charge is 0.303 e. The van der Waals surface area contributed by atoms with Gasteiger partial charge in [-0.1, -0.05) is 12.2 Å². The number of nitriles is 1. The molecule has 21 heavy (non-hydrogen) atoms. The fraction of sp³-hybridized carbons (Fsp3) is 0.733. The average molecular weight is 297 g/mol. The average Bonchev–Trinajstić information content (AvgIpc) is 2.66. The fourth-order valence-electron chi connectivity index (χ4n) is 2.78. The molecular formula is C15H23NO5. The molecule has 5 unspecified atom stereocenters. The lowest BCUT2D eigenvalue weighted by molar-refractivity contribution is -0.139. The van der Waals surface area contributed by atoms with Crippen LogP contribution in [0.2, 0.25) is 0 Å². The number of carbonyl (C=O) groups is 1. The first-order valence-corrected chi connectivity index (χ1v) is 7.27. The molecule has 0 aliphatic heterocycles. The van der Waals surface area contributed by atoms with Gasteiger partial charge in [-0.3, -0.25) is 4.79 Å². The molecule has 1 rings (SSSR count). The predicted octanol–water partition coefficient (Wildman–Crippen LogP) is 0.820. The van der Waals surface area contributed by atoms with Crippen LogP contribution in [-0.4, -0.2) is 44.7 Å². The van der Waals surface area contributed by atoms with Gasteiger partial charge in [-0.2, -0.15) is 5.26 Å². The van der Waals surface area contributed by atoms with Crippen molar-refractivity contribution in [3.05, 3.63) is 12.2 Å². The predicted molar refractivity (Wildman–Crippen MR) is 75.1 cm³/mol. The first-order valence-electron chi connectivity index (χ1n) is 7.27. The molecule has 1 fully saturated rings. The quantitative estimate of drug-likeness (QED) is 0.389. The molecule has 0 bridgehead atoms. The maximum atomic E-state index is 10.8. The van der Waals surface area contributed by atoms with E-state index in [0.717, 1.165) is 12.8 Å². The minimum absolute atomic E-state index is 0.158. The van der Waals surface area contributed by atoms with Gasteiger partial charge in [-0.25, -0.2) is 0 Å². The van der Waals surface area contributed by atoms with Gasteiger partial charge in [-0.15, -0.1) is 0 Å². The molecule has 0 aromatic carbocycles. The van der Waals surface area contributed by atoms with Crippen LogP contribution in [0.25, 0.3) is 0 Å². The molecule has 0 amide bonds. The molecule has 0 aromatic rings. The molecule has 0 heterocycles. The van der Waals surface area contributed by atoms with Crippen LogP contribution in [-0.2, 0) is 4.79 Å². The Hall–Kier alpha value is -1.42. The Morgan fingerprint density at radius 2 is 2.05 bits per heavy atom. The summed E-state index contributed by atoms with van der Waals surface area (Å²) in [6.07, 6.45) is 3.26. The second-order valence-corrected chi connectivity index (χ2v) is 5.57. The van der Waals surface area contributed by atoms with E-state index < -0.39 is 36.1 Å². The summed E-state index contributed by atoms with van der Waals surface area (Å²) >= 11 is 0. The molecule has 0 spiro atoms. The summed E-state index contributed by atoms with van der Waals surface area (Å²) in [6.45, 7) is 0. The molecule has 118 valence electrons. The molecule has 6 heteroatoms. The van der Waals surface area contributed by atoms with Gasteiger partial charge in [0, 0.05) is 24.7 Å². The zero-order chi connectivity index (χ0) is 15.8. The molecule has 0 aromatic heterocycles. The first-order chi connectivity index (χ1) is 9.95. The number of aliphatic carboxylic acids is 1. The van der Waals surface area contributed by atoms with Crippen LogP contribution < -0.4 is 0 Å². The standard InChI is InChI=1S/C15H23NO5/c16-7-3-1-2-4-10(17)5-6-11-12(8-15(20)21)14(19)9-13(11)18/h5-6,10-14,17-19H,1-4,8-9H2,(H,20,21). The van der Waals surface area contributed by atoms with Crippen molar-refractivity contribution in [2.24, 2.45) is 11.8 Å². The number of aliphatic hydroxyl groups is 3. The van der Waals surface area contributed by atoms with Gasteiger partial charge in [0.25, 0.3) is 0 Å². The minimum atomic E-state index is -1.01. The van der Waals surface area contributed by atoms with Crippen molar-refractivity contribution in [2.75, 3.05) is 0 Å². The third-order valence-electron chi connectivity index (χ3n) is 3.92. The largest absolute Gasteiger partial charge is 0.481 e. The van der Waals surface area contributed by atoms with Crippen LogP contribution in [0.4, 0.5) is 0 Å². The zero-order valence-electron chi connectivity index (χ0n) is 11.9. The molecule has 4 N–H and O–H groups in total. The Labute approximate surface area is 124 Å². The van der Waals surface area contributed by atoms with Crippen molar-refractivity contribution in [1.29, 1.82) is 5.26 Å². The number of carboxylic acid groups (broad SMARTS) is 1. The third kappa shape index (κ3) is 5.84. The fourth-order valence-corrected chi connectivity index (χ4v) is 2.78. The van der Waals surface area contributed by atoms with Gasteiger partial charge in [0.2, 0.25) is 0 Å². The SMILES string of the molecule is N#CCCCCC(O)C=CC1C(O)CC(O)C1CC(=O)O. The van der Waals surface area contributed by atoms with Gasteiger partial charge in [0.05, 0.1) is 30.8 Å². The third-order valence-corrected chi connectivity index (χ3v) is 3.92. The number of hydrogen-bond donors (Lipinski definition) is 4. The van der Waals surface area contributed by atoms with E-state index in [1.807, 2.05) is 6.07 Å². The highest BCUT2D eigenvalue weighted by molar-refractivity contribution is 5.67. The number of rotatable bonds is 8.